The number of ether oxygens (including phenoxy) is 1. The van der Waals surface area contributed by atoms with Gasteiger partial charge in [0.05, 0.1) is 7.11 Å². The maximum atomic E-state index is 5.42. The van der Waals surface area contributed by atoms with Gasteiger partial charge in [-0.1, -0.05) is 31.2 Å². The molecule has 1 aromatic rings. The van der Waals surface area contributed by atoms with E-state index in [1.807, 2.05) is 0 Å². The van der Waals surface area contributed by atoms with Gasteiger partial charge in [0, 0.05) is 5.56 Å². The Bertz CT molecular complexity index is 333. The van der Waals surface area contributed by atoms with Crippen LogP contribution < -0.4 is 0 Å². The Labute approximate surface area is 86.4 Å². The molecule has 1 nitrogen and oxygen atoms in total. The second-order valence-electron chi connectivity index (χ2n) is 3.54. The van der Waals surface area contributed by atoms with Gasteiger partial charge in [0.1, 0.15) is 5.76 Å². The average molecular weight is 190 g/mol. The molecule has 0 aliphatic heterocycles. The predicted octanol–water partition coefficient (Wildman–Crippen LogP) is 3.65. The van der Waals surface area contributed by atoms with Crippen LogP contribution >= 0.6 is 0 Å². The van der Waals surface area contributed by atoms with Crippen molar-refractivity contribution in [2.45, 2.75) is 27.2 Å². The first-order valence-corrected chi connectivity index (χ1v) is 5.00. The smallest absolute Gasteiger partial charge is 0.124 e. The van der Waals surface area contributed by atoms with Crippen LogP contribution in [0, 0.1) is 0 Å². The van der Waals surface area contributed by atoms with Crippen molar-refractivity contribution < 1.29 is 4.74 Å². The molecule has 0 bridgehead atoms. The SMILES string of the molecule is CCc1ccccc1C(OC)=C(C)C. The quantitative estimate of drug-likeness (QED) is 0.661. The van der Waals surface area contributed by atoms with E-state index in [1.54, 1.807) is 7.11 Å². The van der Waals surface area contributed by atoms with Crippen molar-refractivity contribution in [3.05, 3.63) is 41.0 Å². The summed E-state index contributed by atoms with van der Waals surface area (Å²) < 4.78 is 5.42. The lowest BCUT2D eigenvalue weighted by Crippen LogP contribution is -1.95. The van der Waals surface area contributed by atoms with E-state index in [0.29, 0.717) is 0 Å². The van der Waals surface area contributed by atoms with Gasteiger partial charge < -0.3 is 4.74 Å². The van der Waals surface area contributed by atoms with Crippen molar-refractivity contribution in [1.82, 2.24) is 0 Å². The van der Waals surface area contributed by atoms with Crippen LogP contribution in [-0.4, -0.2) is 7.11 Å². The number of hydrogen-bond donors (Lipinski definition) is 0. The molecule has 0 saturated heterocycles. The van der Waals surface area contributed by atoms with E-state index < -0.39 is 0 Å². The molecule has 1 rings (SSSR count). The minimum Gasteiger partial charge on any atom is -0.496 e. The lowest BCUT2D eigenvalue weighted by Gasteiger charge is -2.12. The van der Waals surface area contributed by atoms with Crippen molar-refractivity contribution in [3.8, 4) is 0 Å². The minimum atomic E-state index is 1.00. The van der Waals surface area contributed by atoms with Gasteiger partial charge in [-0.2, -0.15) is 0 Å². The summed E-state index contributed by atoms with van der Waals surface area (Å²) in [6, 6.07) is 8.39. The summed E-state index contributed by atoms with van der Waals surface area (Å²) in [4.78, 5) is 0. The maximum Gasteiger partial charge on any atom is 0.124 e. The van der Waals surface area contributed by atoms with Gasteiger partial charge in [0.2, 0.25) is 0 Å². The normalized spacial score (nSPS) is 9.71. The van der Waals surface area contributed by atoms with E-state index in [2.05, 4.69) is 45.0 Å². The van der Waals surface area contributed by atoms with Crippen LogP contribution in [0.2, 0.25) is 0 Å². The van der Waals surface area contributed by atoms with Crippen molar-refractivity contribution in [3.63, 3.8) is 0 Å². The maximum absolute atomic E-state index is 5.42. The number of benzene rings is 1. The largest absolute Gasteiger partial charge is 0.496 e. The summed E-state index contributed by atoms with van der Waals surface area (Å²) in [5.41, 5.74) is 3.77. The molecule has 0 fully saturated rings. The van der Waals surface area contributed by atoms with Crippen LogP contribution in [0.1, 0.15) is 31.9 Å². The highest BCUT2D eigenvalue weighted by atomic mass is 16.5. The number of allylic oxidation sites excluding steroid dienone is 1. The summed E-state index contributed by atoms with van der Waals surface area (Å²) in [6.07, 6.45) is 1.04. The van der Waals surface area contributed by atoms with Gasteiger partial charge in [-0.15, -0.1) is 0 Å². The first-order chi connectivity index (χ1) is 6.70. The molecular weight excluding hydrogens is 172 g/mol. The average Bonchev–Trinajstić information content (AvgIpc) is 2.19. The monoisotopic (exact) mass is 190 g/mol. The van der Waals surface area contributed by atoms with Crippen LogP contribution in [0.5, 0.6) is 0 Å². The summed E-state index contributed by atoms with van der Waals surface area (Å²) in [7, 11) is 1.73. The van der Waals surface area contributed by atoms with E-state index >= 15 is 0 Å². The molecule has 0 heterocycles. The summed E-state index contributed by atoms with van der Waals surface area (Å²) in [5.74, 6) is 1.00. The van der Waals surface area contributed by atoms with Crippen molar-refractivity contribution in [2.24, 2.45) is 0 Å². The Hall–Kier alpha value is -1.24. The first kappa shape index (κ1) is 10.8. The zero-order chi connectivity index (χ0) is 10.6. The van der Waals surface area contributed by atoms with Gasteiger partial charge in [-0.25, -0.2) is 0 Å². The number of rotatable bonds is 3. The zero-order valence-electron chi connectivity index (χ0n) is 9.42. The molecule has 1 aromatic carbocycles. The van der Waals surface area contributed by atoms with Crippen LogP contribution in [-0.2, 0) is 11.2 Å². The fourth-order valence-electron chi connectivity index (χ4n) is 1.63. The van der Waals surface area contributed by atoms with Gasteiger partial charge in [-0.3, -0.25) is 0 Å². The van der Waals surface area contributed by atoms with Gasteiger partial charge >= 0.3 is 0 Å². The summed E-state index contributed by atoms with van der Waals surface area (Å²) in [5, 5.41) is 0. The molecule has 0 spiro atoms. The third-order valence-electron chi connectivity index (χ3n) is 2.30. The molecular formula is C13H18O. The molecule has 0 atom stereocenters. The lowest BCUT2D eigenvalue weighted by molar-refractivity contribution is 0.366. The Morgan fingerprint density at radius 1 is 1.21 bits per heavy atom. The van der Waals surface area contributed by atoms with Crippen molar-refractivity contribution >= 4 is 5.76 Å². The van der Waals surface area contributed by atoms with E-state index in [9.17, 15) is 0 Å². The molecule has 0 unspecified atom stereocenters. The van der Waals surface area contributed by atoms with Crippen LogP contribution in [0.25, 0.3) is 5.76 Å². The minimum absolute atomic E-state index is 1.00. The Kier molecular flexibility index (Phi) is 3.75. The van der Waals surface area contributed by atoms with E-state index in [4.69, 9.17) is 4.74 Å². The molecule has 0 aliphatic rings. The summed E-state index contributed by atoms with van der Waals surface area (Å²) >= 11 is 0. The second-order valence-corrected chi connectivity index (χ2v) is 3.54. The van der Waals surface area contributed by atoms with Crippen LogP contribution in [0.3, 0.4) is 0 Å². The van der Waals surface area contributed by atoms with Gasteiger partial charge in [-0.05, 0) is 31.4 Å². The molecule has 0 radical (unpaired) electrons. The third-order valence-corrected chi connectivity index (χ3v) is 2.30. The Balaban J connectivity index is 3.23. The predicted molar refractivity (Wildman–Crippen MR) is 61.1 cm³/mol. The highest BCUT2D eigenvalue weighted by Crippen LogP contribution is 2.23. The topological polar surface area (TPSA) is 9.23 Å². The molecule has 0 saturated carbocycles. The molecule has 0 N–H and O–H groups in total. The lowest BCUT2D eigenvalue weighted by atomic mass is 10.0. The Morgan fingerprint density at radius 2 is 1.86 bits per heavy atom. The first-order valence-electron chi connectivity index (χ1n) is 5.00. The van der Waals surface area contributed by atoms with Gasteiger partial charge in [0.25, 0.3) is 0 Å². The number of methoxy groups -OCH3 is 1. The highest BCUT2D eigenvalue weighted by molar-refractivity contribution is 5.65. The fourth-order valence-corrected chi connectivity index (χ4v) is 1.63. The molecule has 76 valence electrons. The number of hydrogen-bond acceptors (Lipinski definition) is 1. The molecule has 14 heavy (non-hydrogen) atoms. The van der Waals surface area contributed by atoms with E-state index in [-0.39, 0.29) is 0 Å². The standard InChI is InChI=1S/C13H18O/c1-5-11-8-6-7-9-12(11)13(14-4)10(2)3/h6-9H,5H2,1-4H3. The summed E-state index contributed by atoms with van der Waals surface area (Å²) in [6.45, 7) is 6.31. The Morgan fingerprint density at radius 3 is 2.36 bits per heavy atom. The highest BCUT2D eigenvalue weighted by Gasteiger charge is 2.07. The molecule has 0 aliphatic carbocycles. The third kappa shape index (κ3) is 2.16. The van der Waals surface area contributed by atoms with E-state index in [1.165, 1.54) is 16.7 Å². The number of aryl methyl sites for hydroxylation is 1. The van der Waals surface area contributed by atoms with E-state index in [0.717, 1.165) is 12.2 Å². The van der Waals surface area contributed by atoms with Crippen LogP contribution in [0.15, 0.2) is 29.8 Å². The molecule has 1 heteroatoms. The van der Waals surface area contributed by atoms with Gasteiger partial charge in [0.15, 0.2) is 0 Å². The van der Waals surface area contributed by atoms with Crippen LogP contribution in [0.4, 0.5) is 0 Å². The molecule has 0 aromatic heterocycles. The second kappa shape index (κ2) is 4.85. The van der Waals surface area contributed by atoms with Crippen molar-refractivity contribution in [2.75, 3.05) is 7.11 Å². The zero-order valence-corrected chi connectivity index (χ0v) is 9.42. The fraction of sp³-hybridized carbons (Fsp3) is 0.385. The van der Waals surface area contributed by atoms with Crippen molar-refractivity contribution in [1.29, 1.82) is 0 Å². The molecule has 0 amide bonds.